The lowest BCUT2D eigenvalue weighted by atomic mass is 9.96. The predicted molar refractivity (Wildman–Crippen MR) is 145 cm³/mol. The molecule has 0 saturated carbocycles. The molecule has 5 rings (SSSR count). The number of H-pyrrole nitrogens is 1. The van der Waals surface area contributed by atoms with Crippen molar-refractivity contribution in [2.45, 2.75) is 64.2 Å². The Labute approximate surface area is 235 Å². The summed E-state index contributed by atoms with van der Waals surface area (Å²) in [7, 11) is 0. The van der Waals surface area contributed by atoms with Gasteiger partial charge in [0.05, 0.1) is 24.0 Å². The van der Waals surface area contributed by atoms with Crippen LogP contribution in [0.3, 0.4) is 0 Å². The highest BCUT2D eigenvalue weighted by Crippen LogP contribution is 2.39. The molecule has 4 atom stereocenters. The van der Waals surface area contributed by atoms with Gasteiger partial charge in [-0.05, 0) is 42.0 Å². The van der Waals surface area contributed by atoms with Crippen LogP contribution in [0.15, 0.2) is 42.7 Å². The van der Waals surface area contributed by atoms with Crippen LogP contribution in [0, 0.1) is 11.9 Å². The summed E-state index contributed by atoms with van der Waals surface area (Å²) < 4.78 is 13.2. The Bertz CT molecular complexity index is 1450. The fourth-order valence-electron chi connectivity index (χ4n) is 5.28. The summed E-state index contributed by atoms with van der Waals surface area (Å²) in [4.78, 5) is 58.6. The number of halogens is 1. The second kappa shape index (κ2) is 11.8. The average molecular weight is 563 g/mol. The smallest absolute Gasteiger partial charge is 0.253 e. The van der Waals surface area contributed by atoms with Crippen molar-refractivity contribution >= 4 is 29.3 Å². The van der Waals surface area contributed by atoms with Crippen molar-refractivity contribution in [3.63, 3.8) is 0 Å². The van der Waals surface area contributed by atoms with Gasteiger partial charge in [-0.3, -0.25) is 24.1 Å². The maximum atomic E-state index is 14.0. The molecule has 12 nitrogen and oxygen atoms in total. The van der Waals surface area contributed by atoms with E-state index in [9.17, 15) is 23.6 Å². The van der Waals surface area contributed by atoms with Gasteiger partial charge in [0.1, 0.15) is 23.8 Å². The molecule has 0 bridgehead atoms. The van der Waals surface area contributed by atoms with E-state index in [1.54, 1.807) is 0 Å². The Morgan fingerprint density at radius 2 is 1.98 bits per heavy atom. The third-order valence-electron chi connectivity index (χ3n) is 7.71. The third-order valence-corrected chi connectivity index (χ3v) is 7.71. The van der Waals surface area contributed by atoms with Gasteiger partial charge >= 0.3 is 0 Å². The summed E-state index contributed by atoms with van der Waals surface area (Å²) in [6.45, 7) is 3.86. The predicted octanol–water partition coefficient (Wildman–Crippen LogP) is 1.19. The number of amides is 4. The molecule has 2 aliphatic heterocycles. The number of aryl methyl sites for hydroxylation is 1. The molecule has 4 N–H and O–H groups in total. The number of aromatic nitrogens is 4. The van der Waals surface area contributed by atoms with Gasteiger partial charge in [0.15, 0.2) is 0 Å². The van der Waals surface area contributed by atoms with Crippen molar-refractivity contribution in [3.05, 3.63) is 71.1 Å². The van der Waals surface area contributed by atoms with Crippen molar-refractivity contribution in [2.24, 2.45) is 5.92 Å². The monoisotopic (exact) mass is 562 g/mol. The standard InChI is InChI=1S/C28H31FN8O4/c1-3-15(2)23(34-25(38)18-8-10-22(29)30-12-18)27(40)33-20-9-7-16-5-4-6-17-11-21(37(24(16)17)28(20)41)26(39)31-13-19-14-32-36-35-19/h4-6,8,10,12,14-15,20-21,23H,3,7,9,11,13H2,1-2H3,(H,31,39)(H,33,40)(H,34,38)(H,32,35,36)/t15-,20-,21-,23-/m0/s1. The van der Waals surface area contributed by atoms with E-state index in [4.69, 9.17) is 0 Å². The number of nitrogens with one attached hydrogen (secondary N) is 4. The second-order valence-corrected chi connectivity index (χ2v) is 10.3. The summed E-state index contributed by atoms with van der Waals surface area (Å²) in [5.74, 6) is -2.81. The van der Waals surface area contributed by atoms with Gasteiger partial charge in [0.2, 0.25) is 23.7 Å². The Kier molecular flexibility index (Phi) is 8.04. The molecule has 0 unspecified atom stereocenters. The van der Waals surface area contributed by atoms with E-state index in [0.717, 1.165) is 23.4 Å². The topological polar surface area (TPSA) is 162 Å². The first-order valence-corrected chi connectivity index (χ1v) is 13.6. The lowest BCUT2D eigenvalue weighted by molar-refractivity contribution is -0.130. The zero-order chi connectivity index (χ0) is 29.1. The summed E-state index contributed by atoms with van der Waals surface area (Å²) in [6, 6.07) is 5.43. The van der Waals surface area contributed by atoms with Crippen LogP contribution in [0.4, 0.5) is 10.1 Å². The Morgan fingerprint density at radius 1 is 1.17 bits per heavy atom. The van der Waals surface area contributed by atoms with E-state index in [0.29, 0.717) is 37.1 Å². The maximum absolute atomic E-state index is 14.0. The summed E-state index contributed by atoms with van der Waals surface area (Å²) in [6.07, 6.45) is 4.37. The minimum atomic E-state index is -0.952. The molecule has 4 amide bonds. The number of hydrogen-bond acceptors (Lipinski definition) is 7. The zero-order valence-electron chi connectivity index (χ0n) is 22.7. The van der Waals surface area contributed by atoms with Crippen LogP contribution < -0.4 is 20.9 Å². The molecule has 0 spiro atoms. The number of anilines is 1. The number of carbonyl (C=O) groups is 4. The highest BCUT2D eigenvalue weighted by atomic mass is 19.1. The molecule has 2 aliphatic rings. The lowest BCUT2D eigenvalue weighted by Crippen LogP contribution is -2.58. The number of hydrogen-bond donors (Lipinski definition) is 4. The van der Waals surface area contributed by atoms with Gasteiger partial charge in [-0.1, -0.05) is 38.5 Å². The zero-order valence-corrected chi connectivity index (χ0v) is 22.7. The van der Waals surface area contributed by atoms with Gasteiger partial charge < -0.3 is 16.0 Å². The van der Waals surface area contributed by atoms with Gasteiger partial charge in [-0.2, -0.15) is 19.8 Å². The molecule has 0 fully saturated rings. The van der Waals surface area contributed by atoms with Crippen LogP contribution in [0.25, 0.3) is 0 Å². The third kappa shape index (κ3) is 5.79. The first-order valence-electron chi connectivity index (χ1n) is 13.6. The largest absolute Gasteiger partial charge is 0.348 e. The number of pyridine rings is 1. The van der Waals surface area contributed by atoms with Gasteiger partial charge in [0.25, 0.3) is 5.91 Å². The Balaban J connectivity index is 1.34. The molecule has 1 aromatic carbocycles. The van der Waals surface area contributed by atoms with Crippen molar-refractivity contribution in [2.75, 3.05) is 4.90 Å². The Morgan fingerprint density at radius 3 is 2.68 bits per heavy atom. The minimum Gasteiger partial charge on any atom is -0.348 e. The lowest BCUT2D eigenvalue weighted by Gasteiger charge is -2.29. The highest BCUT2D eigenvalue weighted by molar-refractivity contribution is 6.08. The number of nitrogens with zero attached hydrogens (tertiary/aromatic N) is 4. The second-order valence-electron chi connectivity index (χ2n) is 10.3. The molecular formula is C28H31FN8O4. The molecule has 2 aromatic heterocycles. The first kappa shape index (κ1) is 27.9. The molecule has 13 heteroatoms. The fraction of sp³-hybridized carbons (Fsp3) is 0.393. The van der Waals surface area contributed by atoms with Crippen molar-refractivity contribution in [1.82, 2.24) is 36.3 Å². The molecule has 3 aromatic rings. The Hall–Kier alpha value is -4.68. The van der Waals surface area contributed by atoms with Gasteiger partial charge in [-0.25, -0.2) is 4.98 Å². The maximum Gasteiger partial charge on any atom is 0.253 e. The number of rotatable bonds is 9. The molecule has 0 aliphatic carbocycles. The van der Waals surface area contributed by atoms with Crippen molar-refractivity contribution in [1.29, 1.82) is 0 Å². The minimum absolute atomic E-state index is 0.109. The highest BCUT2D eigenvalue weighted by Gasteiger charge is 2.44. The molecule has 214 valence electrons. The number of para-hydroxylation sites is 1. The molecule has 4 heterocycles. The van der Waals surface area contributed by atoms with E-state index in [-0.39, 0.29) is 29.8 Å². The SMILES string of the molecule is CC[C@H](C)[C@H](NC(=O)c1ccc(F)nc1)C(=O)N[C@H]1CCc2cccc3c2N(C1=O)[C@H](C(=O)NCc1cn[nH]n1)C3. The molecule has 0 radical (unpaired) electrons. The molecule has 41 heavy (non-hydrogen) atoms. The number of carbonyl (C=O) groups excluding carboxylic acids is 4. The fourth-order valence-corrected chi connectivity index (χ4v) is 5.28. The molecule has 0 saturated heterocycles. The van der Waals surface area contributed by atoms with E-state index < -0.39 is 35.9 Å². The van der Waals surface area contributed by atoms with Crippen molar-refractivity contribution < 1.29 is 23.6 Å². The van der Waals surface area contributed by atoms with E-state index >= 15 is 0 Å². The quantitative estimate of drug-likeness (QED) is 0.285. The average Bonchev–Trinajstić information content (AvgIpc) is 3.61. The number of aromatic amines is 1. The van der Waals surface area contributed by atoms with Crippen LogP contribution in [0.5, 0.6) is 0 Å². The summed E-state index contributed by atoms with van der Waals surface area (Å²) in [5, 5.41) is 18.6. The van der Waals surface area contributed by atoms with E-state index in [1.807, 2.05) is 32.0 Å². The van der Waals surface area contributed by atoms with Crippen LogP contribution in [-0.4, -0.2) is 62.1 Å². The summed E-state index contributed by atoms with van der Waals surface area (Å²) >= 11 is 0. The van der Waals surface area contributed by atoms with Crippen LogP contribution in [0.1, 0.15) is 53.9 Å². The van der Waals surface area contributed by atoms with Crippen LogP contribution >= 0.6 is 0 Å². The normalized spacial score (nSPS) is 19.1. The number of benzene rings is 1. The van der Waals surface area contributed by atoms with E-state index in [2.05, 4.69) is 36.3 Å². The first-order chi connectivity index (χ1) is 19.8. The van der Waals surface area contributed by atoms with E-state index in [1.165, 1.54) is 17.2 Å². The van der Waals surface area contributed by atoms with Crippen molar-refractivity contribution in [3.8, 4) is 0 Å². The van der Waals surface area contributed by atoms with Crippen LogP contribution in [0.2, 0.25) is 0 Å². The van der Waals surface area contributed by atoms with Gasteiger partial charge in [0, 0.05) is 12.6 Å². The summed E-state index contributed by atoms with van der Waals surface area (Å²) in [5.41, 5.74) is 3.19. The molecular weight excluding hydrogens is 531 g/mol. The van der Waals surface area contributed by atoms with Gasteiger partial charge in [-0.15, -0.1) is 0 Å². The van der Waals surface area contributed by atoms with Crippen LogP contribution in [-0.2, 0) is 33.8 Å².